The van der Waals surface area contributed by atoms with Crippen molar-refractivity contribution in [1.29, 1.82) is 0 Å². The second-order valence-corrected chi connectivity index (χ2v) is 3.90. The molecule has 0 fully saturated rings. The van der Waals surface area contributed by atoms with Gasteiger partial charge in [0, 0.05) is 38.2 Å². The van der Waals surface area contributed by atoms with Crippen molar-refractivity contribution in [2.24, 2.45) is 0 Å². The average molecular weight is 256 g/mol. The summed E-state index contributed by atoms with van der Waals surface area (Å²) < 4.78 is 4.57. The van der Waals surface area contributed by atoms with Crippen LogP contribution in [0.3, 0.4) is 0 Å². The van der Waals surface area contributed by atoms with Crippen LogP contribution in [0, 0.1) is 0 Å². The minimum Gasteiger partial charge on any atom is -0.466 e. The van der Waals surface area contributed by atoms with E-state index in [1.165, 1.54) is 7.11 Å². The lowest BCUT2D eigenvalue weighted by atomic mass is 10.3. The minimum atomic E-state index is -0.323. The maximum atomic E-state index is 11.7. The molecule has 0 atom stereocenters. The van der Waals surface area contributed by atoms with E-state index in [2.05, 4.69) is 10.1 Å². The Balaban J connectivity index is 3.81. The molecule has 0 radical (unpaired) electrons. The van der Waals surface area contributed by atoms with Crippen molar-refractivity contribution in [2.75, 3.05) is 33.3 Å². The van der Waals surface area contributed by atoms with Gasteiger partial charge < -0.3 is 15.0 Å². The summed E-state index contributed by atoms with van der Waals surface area (Å²) in [5.74, 6) is -0.169. The zero-order chi connectivity index (χ0) is 14.0. The molecule has 0 saturated heterocycles. The molecule has 0 aromatic carbocycles. The first-order chi connectivity index (χ1) is 8.56. The molecule has 18 heavy (non-hydrogen) atoms. The maximum Gasteiger partial charge on any atom is 0.333 e. The van der Waals surface area contributed by atoms with Gasteiger partial charge in [-0.05, 0) is 20.8 Å². The number of nitrogens with one attached hydrogen (secondary N) is 1. The first-order valence-electron chi connectivity index (χ1n) is 6.30. The Hall–Kier alpha value is -1.36. The fourth-order valence-electron chi connectivity index (χ4n) is 1.50. The van der Waals surface area contributed by atoms with Crippen molar-refractivity contribution < 1.29 is 14.3 Å². The molecule has 0 aromatic rings. The molecule has 5 heteroatoms. The maximum absolute atomic E-state index is 11.7. The van der Waals surface area contributed by atoms with E-state index in [1.807, 2.05) is 13.8 Å². The van der Waals surface area contributed by atoms with Gasteiger partial charge in [0.1, 0.15) is 0 Å². The summed E-state index contributed by atoms with van der Waals surface area (Å²) in [5, 5.41) is 3.10. The first kappa shape index (κ1) is 16.6. The van der Waals surface area contributed by atoms with Crippen LogP contribution in [-0.2, 0) is 14.3 Å². The van der Waals surface area contributed by atoms with Gasteiger partial charge >= 0.3 is 5.97 Å². The predicted octanol–water partition coefficient (Wildman–Crippen LogP) is 0.954. The second kappa shape index (κ2) is 9.65. The Morgan fingerprint density at radius 3 is 2.39 bits per heavy atom. The molecule has 0 aromatic heterocycles. The van der Waals surface area contributed by atoms with E-state index < -0.39 is 0 Å². The number of hydrogen-bond acceptors (Lipinski definition) is 4. The van der Waals surface area contributed by atoms with Crippen LogP contribution in [0.15, 0.2) is 11.6 Å². The summed E-state index contributed by atoms with van der Waals surface area (Å²) in [6.45, 7) is 8.31. The highest BCUT2D eigenvalue weighted by molar-refractivity contribution is 5.87. The lowest BCUT2D eigenvalue weighted by Gasteiger charge is -2.18. The van der Waals surface area contributed by atoms with Crippen molar-refractivity contribution in [3.63, 3.8) is 0 Å². The fourth-order valence-corrected chi connectivity index (χ4v) is 1.50. The quantitative estimate of drug-likeness (QED) is 0.399. The zero-order valence-corrected chi connectivity index (χ0v) is 11.8. The van der Waals surface area contributed by atoms with Gasteiger partial charge in [-0.1, -0.05) is 6.08 Å². The zero-order valence-electron chi connectivity index (χ0n) is 11.8. The fraction of sp³-hybridized carbons (Fsp3) is 0.692. The molecule has 0 bridgehead atoms. The number of carbonyl (C=O) groups excluding carboxylic acids is 2. The highest BCUT2D eigenvalue weighted by atomic mass is 16.5. The lowest BCUT2D eigenvalue weighted by Crippen LogP contribution is -2.32. The molecule has 0 heterocycles. The number of amides is 1. The Morgan fingerprint density at radius 1 is 1.28 bits per heavy atom. The number of methoxy groups -OCH3 is 1. The Labute approximate surface area is 109 Å². The molecule has 1 amide bonds. The Morgan fingerprint density at radius 2 is 1.89 bits per heavy atom. The van der Waals surface area contributed by atoms with Crippen molar-refractivity contribution in [2.45, 2.75) is 27.2 Å². The summed E-state index contributed by atoms with van der Waals surface area (Å²) in [5.41, 5.74) is 0.570. The molecule has 1 N–H and O–H groups in total. The number of ether oxygens (including phenoxy) is 1. The second-order valence-electron chi connectivity index (χ2n) is 3.90. The molecule has 0 aliphatic heterocycles. The van der Waals surface area contributed by atoms with Crippen molar-refractivity contribution in [3.8, 4) is 0 Å². The number of carbonyl (C=O) groups is 2. The van der Waals surface area contributed by atoms with Crippen LogP contribution in [0.5, 0.6) is 0 Å². The van der Waals surface area contributed by atoms with E-state index in [4.69, 9.17) is 0 Å². The summed E-state index contributed by atoms with van der Waals surface area (Å²) in [6, 6.07) is 0. The molecule has 0 aliphatic carbocycles. The van der Waals surface area contributed by atoms with Crippen LogP contribution in [-0.4, -0.2) is 50.1 Å². The van der Waals surface area contributed by atoms with Crippen LogP contribution in [0.25, 0.3) is 0 Å². The van der Waals surface area contributed by atoms with E-state index >= 15 is 0 Å². The number of hydrogen-bond donors (Lipinski definition) is 1. The molecular formula is C13H24N2O3. The van der Waals surface area contributed by atoms with Crippen LogP contribution in [0.2, 0.25) is 0 Å². The third-order valence-corrected chi connectivity index (χ3v) is 2.69. The van der Waals surface area contributed by atoms with E-state index in [-0.39, 0.29) is 11.9 Å². The predicted molar refractivity (Wildman–Crippen MR) is 71.2 cm³/mol. The normalized spacial score (nSPS) is 11.2. The summed E-state index contributed by atoms with van der Waals surface area (Å²) in [7, 11) is 1.36. The van der Waals surface area contributed by atoms with Gasteiger partial charge in [-0.2, -0.15) is 0 Å². The van der Waals surface area contributed by atoms with Gasteiger partial charge in [0.2, 0.25) is 5.91 Å². The largest absolute Gasteiger partial charge is 0.466 e. The number of esters is 1. The van der Waals surface area contributed by atoms with E-state index in [9.17, 15) is 9.59 Å². The summed E-state index contributed by atoms with van der Waals surface area (Å²) in [6.07, 6.45) is 2.24. The SMILES string of the molecule is CCN(CC)C(=O)CCNC/C=C(/C)C(=O)OC. The average Bonchev–Trinajstić information content (AvgIpc) is 2.38. The van der Waals surface area contributed by atoms with Gasteiger partial charge in [-0.25, -0.2) is 4.79 Å². The Bertz CT molecular complexity index is 297. The molecule has 0 aliphatic rings. The monoisotopic (exact) mass is 256 g/mol. The molecule has 0 saturated carbocycles. The summed E-state index contributed by atoms with van der Waals surface area (Å²) >= 11 is 0. The summed E-state index contributed by atoms with van der Waals surface area (Å²) in [4.78, 5) is 24.5. The van der Waals surface area contributed by atoms with Gasteiger partial charge in [0.25, 0.3) is 0 Å². The highest BCUT2D eigenvalue weighted by Gasteiger charge is 2.08. The van der Waals surface area contributed by atoms with Gasteiger partial charge in [0.05, 0.1) is 7.11 Å². The third-order valence-electron chi connectivity index (χ3n) is 2.69. The van der Waals surface area contributed by atoms with E-state index in [1.54, 1.807) is 17.9 Å². The van der Waals surface area contributed by atoms with Crippen LogP contribution < -0.4 is 5.32 Å². The lowest BCUT2D eigenvalue weighted by molar-refractivity contribution is -0.136. The van der Waals surface area contributed by atoms with Crippen molar-refractivity contribution in [3.05, 3.63) is 11.6 Å². The molecule has 104 valence electrons. The highest BCUT2D eigenvalue weighted by Crippen LogP contribution is 1.95. The molecular weight excluding hydrogens is 232 g/mol. The smallest absolute Gasteiger partial charge is 0.333 e. The van der Waals surface area contributed by atoms with Crippen molar-refractivity contribution >= 4 is 11.9 Å². The van der Waals surface area contributed by atoms with Crippen LogP contribution in [0.4, 0.5) is 0 Å². The van der Waals surface area contributed by atoms with E-state index in [0.717, 1.165) is 13.1 Å². The molecule has 5 nitrogen and oxygen atoms in total. The van der Waals surface area contributed by atoms with E-state index in [0.29, 0.717) is 25.1 Å². The number of nitrogens with zero attached hydrogens (tertiary/aromatic N) is 1. The number of rotatable bonds is 8. The molecule has 0 spiro atoms. The van der Waals surface area contributed by atoms with Gasteiger partial charge in [0.15, 0.2) is 0 Å². The van der Waals surface area contributed by atoms with Gasteiger partial charge in [-0.3, -0.25) is 4.79 Å². The third kappa shape index (κ3) is 6.39. The topological polar surface area (TPSA) is 58.6 Å². The van der Waals surface area contributed by atoms with Crippen LogP contribution >= 0.6 is 0 Å². The molecule has 0 unspecified atom stereocenters. The standard InChI is InChI=1S/C13H24N2O3/c1-5-15(6-2)12(16)8-10-14-9-7-11(3)13(17)18-4/h7,14H,5-6,8-10H2,1-4H3/b11-7-. The van der Waals surface area contributed by atoms with Gasteiger partial charge in [-0.15, -0.1) is 0 Å². The minimum absolute atomic E-state index is 0.154. The van der Waals surface area contributed by atoms with Crippen molar-refractivity contribution in [1.82, 2.24) is 10.2 Å². The first-order valence-corrected chi connectivity index (χ1v) is 6.30. The van der Waals surface area contributed by atoms with Crippen LogP contribution in [0.1, 0.15) is 27.2 Å². The Kier molecular flexibility index (Phi) is 8.92. The molecule has 0 rings (SSSR count).